The molecule has 1 aromatic rings. The van der Waals surface area contributed by atoms with Gasteiger partial charge in [0.05, 0.1) is 6.04 Å². The number of hydrogen-bond acceptors (Lipinski definition) is 4. The summed E-state index contributed by atoms with van der Waals surface area (Å²) in [5.41, 5.74) is 6.00. The number of amides is 1. The highest BCUT2D eigenvalue weighted by Crippen LogP contribution is 2.32. The monoisotopic (exact) mass is 311 g/mol. The molecule has 21 heavy (non-hydrogen) atoms. The molecule has 0 aliphatic carbocycles. The first-order valence-corrected chi connectivity index (χ1v) is 8.27. The minimum Gasteiger partial charge on any atom is -0.409 e. The number of amidine groups is 1. The van der Waals surface area contributed by atoms with Crippen LogP contribution in [0, 0.1) is 5.41 Å². The van der Waals surface area contributed by atoms with E-state index < -0.39 is 5.41 Å². The number of rotatable bonds is 8. The van der Waals surface area contributed by atoms with E-state index in [9.17, 15) is 4.79 Å². The lowest BCUT2D eigenvalue weighted by Gasteiger charge is -2.32. The summed E-state index contributed by atoms with van der Waals surface area (Å²) in [4.78, 5) is 12.8. The van der Waals surface area contributed by atoms with E-state index >= 15 is 0 Å². The number of oxime groups is 1. The van der Waals surface area contributed by atoms with E-state index in [0.717, 1.165) is 18.4 Å². The normalized spacial score (nSPS) is 14.0. The fraction of sp³-hybridized carbons (Fsp3) is 0.600. The Morgan fingerprint density at radius 3 is 2.52 bits per heavy atom. The van der Waals surface area contributed by atoms with Gasteiger partial charge in [-0.3, -0.25) is 4.79 Å². The molecule has 1 rings (SSSR count). The second-order valence-corrected chi connectivity index (χ2v) is 6.10. The maximum atomic E-state index is 12.8. The molecule has 0 aromatic carbocycles. The van der Waals surface area contributed by atoms with Crippen LogP contribution >= 0.6 is 11.3 Å². The average Bonchev–Trinajstić information content (AvgIpc) is 3.00. The SMILES string of the molecule is CCCC(CCC)(C(=O)NC(C)c1ccsc1)C(N)=NO. The third-order valence-corrected chi connectivity index (χ3v) is 4.48. The van der Waals surface area contributed by atoms with Crippen LogP contribution in [0.2, 0.25) is 0 Å². The summed E-state index contributed by atoms with van der Waals surface area (Å²) >= 11 is 1.59. The molecule has 5 nitrogen and oxygen atoms in total. The molecular formula is C15H25N3O2S. The minimum atomic E-state index is -0.928. The van der Waals surface area contributed by atoms with Crippen molar-refractivity contribution in [3.8, 4) is 0 Å². The third kappa shape index (κ3) is 3.97. The number of nitrogens with one attached hydrogen (secondary N) is 1. The second-order valence-electron chi connectivity index (χ2n) is 5.32. The quantitative estimate of drug-likeness (QED) is 0.298. The summed E-state index contributed by atoms with van der Waals surface area (Å²) in [6.07, 6.45) is 2.71. The van der Waals surface area contributed by atoms with Crippen molar-refractivity contribution in [1.29, 1.82) is 0 Å². The summed E-state index contributed by atoms with van der Waals surface area (Å²) in [6, 6.07) is 1.89. The Labute approximate surface area is 130 Å². The first-order valence-electron chi connectivity index (χ1n) is 7.32. The Morgan fingerprint density at radius 2 is 2.10 bits per heavy atom. The molecule has 0 radical (unpaired) electrons. The van der Waals surface area contributed by atoms with Crippen molar-refractivity contribution >= 4 is 23.1 Å². The number of carbonyl (C=O) groups excluding carboxylic acids is 1. The zero-order valence-corrected chi connectivity index (χ0v) is 13.7. The molecule has 1 unspecified atom stereocenters. The Hall–Kier alpha value is -1.56. The van der Waals surface area contributed by atoms with Crippen LogP contribution in [0.3, 0.4) is 0 Å². The van der Waals surface area contributed by atoms with Crippen molar-refractivity contribution in [3.63, 3.8) is 0 Å². The van der Waals surface area contributed by atoms with Crippen LogP contribution in [0.4, 0.5) is 0 Å². The lowest BCUT2D eigenvalue weighted by molar-refractivity contribution is -0.129. The van der Waals surface area contributed by atoms with Crippen LogP contribution in [0.1, 0.15) is 58.1 Å². The fourth-order valence-corrected chi connectivity index (χ4v) is 3.37. The molecule has 0 aliphatic heterocycles. The molecule has 4 N–H and O–H groups in total. The van der Waals surface area contributed by atoms with Gasteiger partial charge in [-0.1, -0.05) is 31.8 Å². The van der Waals surface area contributed by atoms with Crippen LogP contribution in [-0.4, -0.2) is 17.0 Å². The maximum absolute atomic E-state index is 12.8. The average molecular weight is 311 g/mol. The molecular weight excluding hydrogens is 286 g/mol. The zero-order chi connectivity index (χ0) is 15.9. The van der Waals surface area contributed by atoms with Gasteiger partial charge in [-0.15, -0.1) is 0 Å². The van der Waals surface area contributed by atoms with Gasteiger partial charge in [-0.2, -0.15) is 11.3 Å². The lowest BCUT2D eigenvalue weighted by Crippen LogP contribution is -2.50. The molecule has 6 heteroatoms. The van der Waals surface area contributed by atoms with Crippen molar-refractivity contribution in [2.75, 3.05) is 0 Å². The van der Waals surface area contributed by atoms with E-state index in [4.69, 9.17) is 10.9 Å². The highest BCUT2D eigenvalue weighted by molar-refractivity contribution is 7.07. The summed E-state index contributed by atoms with van der Waals surface area (Å²) in [5.74, 6) is -0.165. The Kier molecular flexibility index (Phi) is 6.68. The van der Waals surface area contributed by atoms with Crippen LogP contribution in [0.25, 0.3) is 0 Å². The molecule has 0 aliphatic rings. The summed E-state index contributed by atoms with van der Waals surface area (Å²) in [7, 11) is 0. The molecule has 0 saturated heterocycles. The lowest BCUT2D eigenvalue weighted by atomic mass is 9.77. The molecule has 1 heterocycles. The zero-order valence-electron chi connectivity index (χ0n) is 12.9. The molecule has 0 saturated carbocycles. The highest BCUT2D eigenvalue weighted by atomic mass is 32.1. The molecule has 1 amide bonds. The minimum absolute atomic E-state index is 0.00113. The summed E-state index contributed by atoms with van der Waals surface area (Å²) in [6.45, 7) is 5.92. The number of nitrogens with two attached hydrogens (primary N) is 1. The van der Waals surface area contributed by atoms with Gasteiger partial charge in [0.15, 0.2) is 5.84 Å². The number of hydrogen-bond donors (Lipinski definition) is 3. The standard InChI is InChI=1S/C15H25N3O2S/c1-4-7-15(8-5-2,13(16)18-20)14(19)17-11(3)12-6-9-21-10-12/h6,9-11,20H,4-5,7-8H2,1-3H3,(H2,16,18)(H,17,19). The first kappa shape index (κ1) is 17.5. The molecule has 0 fully saturated rings. The van der Waals surface area contributed by atoms with Crippen LogP contribution in [-0.2, 0) is 4.79 Å². The van der Waals surface area contributed by atoms with Gasteiger partial charge in [0.1, 0.15) is 5.41 Å². The molecule has 1 aromatic heterocycles. The topological polar surface area (TPSA) is 87.7 Å². The van der Waals surface area contributed by atoms with Crippen molar-refractivity contribution in [2.45, 2.75) is 52.5 Å². The first-order chi connectivity index (χ1) is 10.0. The van der Waals surface area contributed by atoms with Gasteiger partial charge in [0.2, 0.25) is 5.91 Å². The maximum Gasteiger partial charge on any atom is 0.234 e. The Balaban J connectivity index is 2.98. The number of thiophene rings is 1. The highest BCUT2D eigenvalue weighted by Gasteiger charge is 2.41. The van der Waals surface area contributed by atoms with Gasteiger partial charge in [0.25, 0.3) is 0 Å². The predicted octanol–water partition coefficient (Wildman–Crippen LogP) is 3.26. The largest absolute Gasteiger partial charge is 0.409 e. The van der Waals surface area contributed by atoms with E-state index in [0.29, 0.717) is 12.8 Å². The number of nitrogens with zero attached hydrogens (tertiary/aromatic N) is 1. The van der Waals surface area contributed by atoms with Crippen molar-refractivity contribution in [2.24, 2.45) is 16.3 Å². The predicted molar refractivity (Wildman–Crippen MR) is 86.5 cm³/mol. The molecule has 118 valence electrons. The van der Waals surface area contributed by atoms with Gasteiger partial charge >= 0.3 is 0 Å². The molecule has 0 bridgehead atoms. The Bertz CT molecular complexity index is 465. The molecule has 0 spiro atoms. The van der Waals surface area contributed by atoms with E-state index in [-0.39, 0.29) is 17.8 Å². The number of carbonyl (C=O) groups is 1. The van der Waals surface area contributed by atoms with E-state index in [1.807, 2.05) is 37.6 Å². The smallest absolute Gasteiger partial charge is 0.234 e. The molecule has 1 atom stereocenters. The van der Waals surface area contributed by atoms with Crippen LogP contribution < -0.4 is 11.1 Å². The summed E-state index contributed by atoms with van der Waals surface area (Å²) < 4.78 is 0. The second kappa shape index (κ2) is 8.02. The van der Waals surface area contributed by atoms with Crippen molar-refractivity contribution < 1.29 is 10.0 Å². The van der Waals surface area contributed by atoms with Gasteiger partial charge < -0.3 is 16.3 Å². The van der Waals surface area contributed by atoms with Gasteiger partial charge in [-0.25, -0.2) is 0 Å². The third-order valence-electron chi connectivity index (χ3n) is 3.78. The van der Waals surface area contributed by atoms with E-state index in [2.05, 4.69) is 10.5 Å². The van der Waals surface area contributed by atoms with Crippen LogP contribution in [0.5, 0.6) is 0 Å². The van der Waals surface area contributed by atoms with Gasteiger partial charge in [-0.05, 0) is 42.2 Å². The summed E-state index contributed by atoms with van der Waals surface area (Å²) in [5, 5.41) is 19.2. The fourth-order valence-electron chi connectivity index (χ4n) is 2.61. The van der Waals surface area contributed by atoms with Crippen molar-refractivity contribution in [1.82, 2.24) is 5.32 Å². The van der Waals surface area contributed by atoms with Crippen LogP contribution in [0.15, 0.2) is 22.0 Å². The van der Waals surface area contributed by atoms with E-state index in [1.54, 1.807) is 11.3 Å². The van der Waals surface area contributed by atoms with Gasteiger partial charge in [0, 0.05) is 0 Å². The van der Waals surface area contributed by atoms with E-state index in [1.165, 1.54) is 0 Å². The Morgan fingerprint density at radius 1 is 1.48 bits per heavy atom. The van der Waals surface area contributed by atoms with Crippen molar-refractivity contribution in [3.05, 3.63) is 22.4 Å².